The molecule has 224 valence electrons. The summed E-state index contributed by atoms with van der Waals surface area (Å²) in [5.41, 5.74) is 2.12. The lowest BCUT2D eigenvalue weighted by molar-refractivity contribution is -0.148. The summed E-state index contributed by atoms with van der Waals surface area (Å²) in [5.74, 6) is 0.357. The third-order valence-corrected chi connectivity index (χ3v) is 7.32. The minimum absolute atomic E-state index is 0.0959. The van der Waals surface area contributed by atoms with Gasteiger partial charge in [0.1, 0.15) is 17.2 Å². The molecule has 0 radical (unpaired) electrons. The minimum atomic E-state index is -4.61. The Kier molecular flexibility index (Phi) is 8.79. The van der Waals surface area contributed by atoms with Crippen LogP contribution < -0.4 is 9.64 Å². The maximum atomic E-state index is 13.3. The molecule has 0 spiro atoms. The third-order valence-electron chi connectivity index (χ3n) is 7.32. The topological polar surface area (TPSA) is 90.6 Å². The van der Waals surface area contributed by atoms with Crippen LogP contribution in [0.5, 0.6) is 5.75 Å². The molecule has 0 saturated carbocycles. The molecule has 2 aromatic carbocycles. The number of halogens is 3. The van der Waals surface area contributed by atoms with Crippen LogP contribution in [0.1, 0.15) is 29.6 Å². The Bertz CT molecular complexity index is 1570. The third kappa shape index (κ3) is 6.87. The standard InChI is InChI=1S/C32H31F3N4O4/c1-4-41-30(40)26-19-39(31-36-16-14-28(38-31)32(33,34)35)18-25(26)20(2)22-10-12-24(13-11-22)42-17-15-27-21(3)43-29(37-27)23-8-6-5-7-9-23/h5-14,16,25-26H,2,4,15,17-19H2,1,3H3/t25-,26-/m1/s1. The number of benzene rings is 2. The first-order chi connectivity index (χ1) is 20.6. The summed E-state index contributed by atoms with van der Waals surface area (Å²) in [4.78, 5) is 26.8. The van der Waals surface area contributed by atoms with Crippen molar-refractivity contribution in [1.29, 1.82) is 0 Å². The first kappa shape index (κ1) is 29.8. The second-order valence-corrected chi connectivity index (χ2v) is 10.1. The lowest BCUT2D eigenvalue weighted by atomic mass is 9.86. The predicted molar refractivity (Wildman–Crippen MR) is 154 cm³/mol. The van der Waals surface area contributed by atoms with Crippen molar-refractivity contribution >= 4 is 17.5 Å². The van der Waals surface area contributed by atoms with Gasteiger partial charge in [0, 0.05) is 37.2 Å². The van der Waals surface area contributed by atoms with Crippen molar-refractivity contribution in [3.8, 4) is 17.2 Å². The van der Waals surface area contributed by atoms with E-state index < -0.39 is 29.7 Å². The molecule has 4 aromatic rings. The Morgan fingerprint density at radius 3 is 2.47 bits per heavy atom. The normalized spacial score (nSPS) is 16.7. The fourth-order valence-electron chi connectivity index (χ4n) is 5.08. The highest BCUT2D eigenvalue weighted by molar-refractivity contribution is 5.80. The zero-order valence-corrected chi connectivity index (χ0v) is 23.8. The highest BCUT2D eigenvalue weighted by Crippen LogP contribution is 2.37. The van der Waals surface area contributed by atoms with Crippen LogP contribution in [0.2, 0.25) is 0 Å². The van der Waals surface area contributed by atoms with Crippen molar-refractivity contribution in [3.63, 3.8) is 0 Å². The monoisotopic (exact) mass is 592 g/mol. The zero-order valence-electron chi connectivity index (χ0n) is 23.8. The van der Waals surface area contributed by atoms with E-state index in [1.54, 1.807) is 11.8 Å². The summed E-state index contributed by atoms with van der Waals surface area (Å²) < 4.78 is 56.8. The van der Waals surface area contributed by atoms with Crippen molar-refractivity contribution in [2.75, 3.05) is 31.2 Å². The molecule has 2 atom stereocenters. The summed E-state index contributed by atoms with van der Waals surface area (Å²) in [7, 11) is 0. The lowest BCUT2D eigenvalue weighted by Gasteiger charge is -2.20. The summed E-state index contributed by atoms with van der Waals surface area (Å²) in [6, 6.07) is 17.8. The number of nitrogens with zero attached hydrogens (tertiary/aromatic N) is 4. The van der Waals surface area contributed by atoms with E-state index in [-0.39, 0.29) is 25.6 Å². The molecule has 2 aromatic heterocycles. The van der Waals surface area contributed by atoms with Crippen LogP contribution in [0.15, 0.2) is 77.9 Å². The molecule has 11 heteroatoms. The van der Waals surface area contributed by atoms with E-state index >= 15 is 0 Å². The van der Waals surface area contributed by atoms with E-state index in [0.29, 0.717) is 30.2 Å². The molecule has 1 fully saturated rings. The van der Waals surface area contributed by atoms with Gasteiger partial charge in [-0.05, 0) is 55.3 Å². The Labute approximate surface area is 247 Å². The summed E-state index contributed by atoms with van der Waals surface area (Å²) in [6.07, 6.45) is -2.98. The number of aromatic nitrogens is 3. The molecule has 3 heterocycles. The van der Waals surface area contributed by atoms with Gasteiger partial charge in [-0.3, -0.25) is 4.79 Å². The molecule has 5 rings (SSSR count). The smallest absolute Gasteiger partial charge is 0.433 e. The molecule has 0 unspecified atom stereocenters. The van der Waals surface area contributed by atoms with Crippen LogP contribution in [-0.4, -0.2) is 47.2 Å². The van der Waals surface area contributed by atoms with Crippen LogP contribution >= 0.6 is 0 Å². The molecule has 0 aliphatic carbocycles. The molecule has 8 nitrogen and oxygen atoms in total. The first-order valence-corrected chi connectivity index (χ1v) is 13.9. The van der Waals surface area contributed by atoms with Gasteiger partial charge >= 0.3 is 12.1 Å². The SMILES string of the molecule is C=C(c1ccc(OCCc2nc(-c3ccccc3)oc2C)cc1)[C@H]1CN(c2nccc(C(F)(F)F)n2)C[C@H]1C(=O)OCC. The van der Waals surface area contributed by atoms with Crippen LogP contribution in [0.25, 0.3) is 17.0 Å². The Morgan fingerprint density at radius 2 is 1.77 bits per heavy atom. The average molecular weight is 593 g/mol. The van der Waals surface area contributed by atoms with E-state index in [1.807, 2.05) is 61.5 Å². The van der Waals surface area contributed by atoms with Crippen molar-refractivity contribution in [1.82, 2.24) is 15.0 Å². The van der Waals surface area contributed by atoms with Crippen molar-refractivity contribution < 1.29 is 31.9 Å². The molecular formula is C32H31F3N4O4. The van der Waals surface area contributed by atoms with E-state index in [1.165, 1.54) is 0 Å². The molecule has 1 aliphatic heterocycles. The van der Waals surface area contributed by atoms with E-state index in [9.17, 15) is 18.0 Å². The van der Waals surface area contributed by atoms with Gasteiger partial charge in [0.25, 0.3) is 0 Å². The van der Waals surface area contributed by atoms with Crippen LogP contribution in [0, 0.1) is 18.8 Å². The van der Waals surface area contributed by atoms with E-state index in [2.05, 4.69) is 21.5 Å². The van der Waals surface area contributed by atoms with Gasteiger partial charge in [-0.2, -0.15) is 13.2 Å². The Morgan fingerprint density at radius 1 is 1.05 bits per heavy atom. The number of alkyl halides is 3. The number of carbonyl (C=O) groups is 1. The highest BCUT2D eigenvalue weighted by Gasteiger charge is 2.42. The zero-order chi connectivity index (χ0) is 30.6. The van der Waals surface area contributed by atoms with E-state index in [4.69, 9.17) is 13.9 Å². The van der Waals surface area contributed by atoms with Gasteiger partial charge in [0.2, 0.25) is 11.8 Å². The molecular weight excluding hydrogens is 561 g/mol. The number of ether oxygens (including phenoxy) is 2. The van der Waals surface area contributed by atoms with Crippen molar-refractivity contribution in [2.45, 2.75) is 26.4 Å². The maximum Gasteiger partial charge on any atom is 0.433 e. The fourth-order valence-corrected chi connectivity index (χ4v) is 5.08. The Balaban J connectivity index is 1.24. The van der Waals surface area contributed by atoms with Gasteiger partial charge in [-0.15, -0.1) is 0 Å². The van der Waals surface area contributed by atoms with Crippen molar-refractivity contribution in [3.05, 3.63) is 96.2 Å². The summed E-state index contributed by atoms with van der Waals surface area (Å²) >= 11 is 0. The molecule has 1 saturated heterocycles. The summed E-state index contributed by atoms with van der Waals surface area (Å²) in [6.45, 7) is 8.71. The molecule has 0 amide bonds. The number of esters is 1. The second kappa shape index (κ2) is 12.7. The second-order valence-electron chi connectivity index (χ2n) is 10.1. The Hall–Kier alpha value is -4.67. The lowest BCUT2D eigenvalue weighted by Crippen LogP contribution is -2.27. The van der Waals surface area contributed by atoms with Gasteiger partial charge in [0.15, 0.2) is 0 Å². The quantitative estimate of drug-likeness (QED) is 0.195. The van der Waals surface area contributed by atoms with Gasteiger partial charge in [-0.1, -0.05) is 36.9 Å². The maximum absolute atomic E-state index is 13.3. The van der Waals surface area contributed by atoms with Crippen LogP contribution in [0.3, 0.4) is 0 Å². The molecule has 43 heavy (non-hydrogen) atoms. The largest absolute Gasteiger partial charge is 0.493 e. The van der Waals surface area contributed by atoms with Crippen LogP contribution in [-0.2, 0) is 22.1 Å². The van der Waals surface area contributed by atoms with Gasteiger partial charge < -0.3 is 18.8 Å². The number of oxazole rings is 1. The van der Waals surface area contributed by atoms with Gasteiger partial charge in [0.05, 0.1) is 24.8 Å². The number of rotatable bonds is 10. The number of hydrogen-bond donors (Lipinski definition) is 0. The minimum Gasteiger partial charge on any atom is -0.493 e. The first-order valence-electron chi connectivity index (χ1n) is 13.9. The highest BCUT2D eigenvalue weighted by atomic mass is 19.4. The molecule has 0 N–H and O–H groups in total. The number of aryl methyl sites for hydroxylation is 1. The van der Waals surface area contributed by atoms with Crippen molar-refractivity contribution in [2.24, 2.45) is 11.8 Å². The molecule has 1 aliphatic rings. The average Bonchev–Trinajstić information content (AvgIpc) is 3.62. The predicted octanol–water partition coefficient (Wildman–Crippen LogP) is 6.41. The number of anilines is 1. The van der Waals surface area contributed by atoms with Crippen LogP contribution in [0.4, 0.5) is 19.1 Å². The van der Waals surface area contributed by atoms with Gasteiger partial charge in [-0.25, -0.2) is 15.0 Å². The fraction of sp³-hybridized carbons (Fsp3) is 0.312. The summed E-state index contributed by atoms with van der Waals surface area (Å²) in [5, 5.41) is 0. The number of hydrogen-bond acceptors (Lipinski definition) is 8. The number of carbonyl (C=O) groups excluding carboxylic acids is 1. The van der Waals surface area contributed by atoms with E-state index in [0.717, 1.165) is 34.8 Å². The molecule has 0 bridgehead atoms.